The van der Waals surface area contributed by atoms with E-state index < -0.39 is 15.8 Å². The highest BCUT2D eigenvalue weighted by Gasteiger charge is 2.27. The molecule has 1 aromatic heterocycles. The fraction of sp³-hybridized carbons (Fsp3) is 0.381. The van der Waals surface area contributed by atoms with Gasteiger partial charge in [-0.25, -0.2) is 13.3 Å². The summed E-state index contributed by atoms with van der Waals surface area (Å²) >= 11 is 9.53. The second-order valence-corrected chi connectivity index (χ2v) is 11.2. The van der Waals surface area contributed by atoms with E-state index in [-0.39, 0.29) is 6.04 Å². The van der Waals surface area contributed by atoms with E-state index in [2.05, 4.69) is 31.5 Å². The first-order chi connectivity index (χ1) is 14.4. The number of hydrogen-bond donors (Lipinski definition) is 0. The Balaban J connectivity index is 1.82. The van der Waals surface area contributed by atoms with Gasteiger partial charge in [0, 0.05) is 20.6 Å². The maximum Gasteiger partial charge on any atom is 0.181 e. The third-order valence-electron chi connectivity index (χ3n) is 5.43. The quantitative estimate of drug-likeness (QED) is 0.434. The van der Waals surface area contributed by atoms with Gasteiger partial charge in [0.1, 0.15) is 6.04 Å². The van der Waals surface area contributed by atoms with Crippen LogP contribution >= 0.6 is 27.5 Å². The zero-order valence-electron chi connectivity index (χ0n) is 16.6. The molecule has 1 aliphatic carbocycles. The second-order valence-electron chi connectivity index (χ2n) is 7.59. The first-order valence-electron chi connectivity index (χ1n) is 9.94. The van der Waals surface area contributed by atoms with Gasteiger partial charge in [-0.3, -0.25) is 0 Å². The predicted molar refractivity (Wildman–Crippen MR) is 122 cm³/mol. The molecule has 158 valence electrons. The minimum Gasteiger partial charge on any atom is -0.245 e. The lowest BCUT2D eigenvalue weighted by atomic mass is 9.95. The van der Waals surface area contributed by atoms with Crippen LogP contribution in [0.1, 0.15) is 55.6 Å². The highest BCUT2D eigenvalue weighted by atomic mass is 79.9. The molecule has 1 heterocycles. The van der Waals surface area contributed by atoms with E-state index in [1.54, 1.807) is 6.26 Å². The summed E-state index contributed by atoms with van der Waals surface area (Å²) < 4.78 is 21.3. The lowest BCUT2D eigenvalue weighted by Gasteiger charge is -2.24. The second kappa shape index (κ2) is 9.16. The number of tetrazole rings is 1. The van der Waals surface area contributed by atoms with Gasteiger partial charge in [-0.1, -0.05) is 58.9 Å². The Morgan fingerprint density at radius 1 is 1.10 bits per heavy atom. The SMILES string of the molecule is CS(=O)(=NC(c1ccc(Cl)cc1)c1nnnn1C1CCCCC1)c1ccc(Br)cc1. The van der Waals surface area contributed by atoms with Crippen LogP contribution in [-0.2, 0) is 9.73 Å². The first-order valence-corrected chi connectivity index (χ1v) is 13.0. The molecule has 2 unspecified atom stereocenters. The number of aromatic nitrogens is 4. The van der Waals surface area contributed by atoms with Crippen LogP contribution in [0.15, 0.2) is 62.3 Å². The molecule has 4 rings (SSSR count). The summed E-state index contributed by atoms with van der Waals surface area (Å²) in [4.78, 5) is 0.668. The molecule has 2 aromatic carbocycles. The fourth-order valence-electron chi connectivity index (χ4n) is 3.82. The topological polar surface area (TPSA) is 73.0 Å². The van der Waals surface area contributed by atoms with Crippen molar-refractivity contribution in [1.29, 1.82) is 0 Å². The average Bonchev–Trinajstić information content (AvgIpc) is 3.23. The molecule has 0 saturated heterocycles. The third-order valence-corrected chi connectivity index (χ3v) is 7.97. The van der Waals surface area contributed by atoms with Crippen LogP contribution in [0.2, 0.25) is 5.02 Å². The largest absolute Gasteiger partial charge is 0.245 e. The Kier molecular flexibility index (Phi) is 6.55. The number of rotatable bonds is 5. The van der Waals surface area contributed by atoms with Crippen LogP contribution in [-0.4, -0.2) is 30.7 Å². The molecule has 3 aromatic rings. The van der Waals surface area contributed by atoms with Gasteiger partial charge in [0.05, 0.1) is 15.8 Å². The van der Waals surface area contributed by atoms with Crippen LogP contribution in [0.4, 0.5) is 0 Å². The molecule has 0 N–H and O–H groups in total. The number of halogens is 2. The van der Waals surface area contributed by atoms with E-state index >= 15 is 0 Å². The number of nitrogens with zero attached hydrogens (tertiary/aromatic N) is 5. The van der Waals surface area contributed by atoms with Crippen molar-refractivity contribution in [1.82, 2.24) is 20.2 Å². The third kappa shape index (κ3) is 4.76. The molecule has 1 fully saturated rings. The van der Waals surface area contributed by atoms with Crippen molar-refractivity contribution in [3.8, 4) is 0 Å². The van der Waals surface area contributed by atoms with Crippen LogP contribution in [0, 0.1) is 0 Å². The molecule has 2 atom stereocenters. The smallest absolute Gasteiger partial charge is 0.181 e. The molecule has 0 spiro atoms. The van der Waals surface area contributed by atoms with E-state index in [0.717, 1.165) is 35.7 Å². The molecule has 1 saturated carbocycles. The standard InChI is InChI=1S/C21H23BrClN5OS/c1-30(29,19-13-9-16(22)10-14-19)25-20(15-7-11-17(23)12-8-15)21-24-26-27-28(21)18-5-3-2-4-6-18/h7-14,18,20H,2-6H2,1H3. The normalized spacial score (nSPS) is 18.0. The van der Waals surface area contributed by atoms with Crippen molar-refractivity contribution in [2.24, 2.45) is 4.36 Å². The van der Waals surface area contributed by atoms with Crippen molar-refractivity contribution in [3.63, 3.8) is 0 Å². The van der Waals surface area contributed by atoms with E-state index in [1.165, 1.54) is 6.42 Å². The summed E-state index contributed by atoms with van der Waals surface area (Å²) in [5.41, 5.74) is 0.859. The monoisotopic (exact) mass is 507 g/mol. The summed E-state index contributed by atoms with van der Waals surface area (Å²) in [6.45, 7) is 0. The predicted octanol–water partition coefficient (Wildman–Crippen LogP) is 5.84. The zero-order chi connectivity index (χ0) is 21.1. The van der Waals surface area contributed by atoms with Crippen molar-refractivity contribution in [2.75, 3.05) is 6.26 Å². The summed E-state index contributed by atoms with van der Waals surface area (Å²) in [5.74, 6) is 0.621. The molecule has 0 radical (unpaired) electrons. The molecule has 9 heteroatoms. The van der Waals surface area contributed by atoms with Crippen LogP contribution in [0.25, 0.3) is 0 Å². The van der Waals surface area contributed by atoms with Gasteiger partial charge in [-0.05, 0) is 65.2 Å². The Bertz CT molecular complexity index is 1120. The number of benzene rings is 2. The minimum atomic E-state index is -2.70. The van der Waals surface area contributed by atoms with Gasteiger partial charge < -0.3 is 0 Å². The van der Waals surface area contributed by atoms with Crippen molar-refractivity contribution in [2.45, 2.75) is 49.1 Å². The lowest BCUT2D eigenvalue weighted by Crippen LogP contribution is -2.19. The van der Waals surface area contributed by atoms with Crippen molar-refractivity contribution >= 4 is 37.3 Å². The molecule has 6 nitrogen and oxygen atoms in total. The maximum absolute atomic E-state index is 13.6. The summed E-state index contributed by atoms with van der Waals surface area (Å²) in [6, 6.07) is 14.5. The van der Waals surface area contributed by atoms with Crippen LogP contribution in [0.3, 0.4) is 0 Å². The molecule has 0 aliphatic heterocycles. The highest BCUT2D eigenvalue weighted by molar-refractivity contribution is 9.10. The van der Waals surface area contributed by atoms with Crippen LogP contribution < -0.4 is 0 Å². The van der Waals surface area contributed by atoms with E-state index in [4.69, 9.17) is 16.0 Å². The van der Waals surface area contributed by atoms with E-state index in [9.17, 15) is 4.21 Å². The Labute approximate surface area is 190 Å². The van der Waals surface area contributed by atoms with Crippen LogP contribution in [0.5, 0.6) is 0 Å². The van der Waals surface area contributed by atoms with Gasteiger partial charge in [0.2, 0.25) is 0 Å². The molecule has 1 aliphatic rings. The lowest BCUT2D eigenvalue weighted by molar-refractivity contribution is 0.314. The Morgan fingerprint density at radius 3 is 2.43 bits per heavy atom. The minimum absolute atomic E-state index is 0.245. The van der Waals surface area contributed by atoms with Gasteiger partial charge in [0.25, 0.3) is 0 Å². The first kappa shape index (κ1) is 21.5. The van der Waals surface area contributed by atoms with E-state index in [0.29, 0.717) is 15.7 Å². The summed E-state index contributed by atoms with van der Waals surface area (Å²) in [7, 11) is -2.70. The molecule has 30 heavy (non-hydrogen) atoms. The summed E-state index contributed by atoms with van der Waals surface area (Å²) in [6.07, 6.45) is 7.31. The average molecular weight is 509 g/mol. The highest BCUT2D eigenvalue weighted by Crippen LogP contribution is 2.33. The van der Waals surface area contributed by atoms with Crippen molar-refractivity contribution in [3.05, 3.63) is 69.4 Å². The molecular weight excluding hydrogens is 486 g/mol. The van der Waals surface area contributed by atoms with Gasteiger partial charge in [-0.15, -0.1) is 5.10 Å². The van der Waals surface area contributed by atoms with Gasteiger partial charge >= 0.3 is 0 Å². The number of hydrogen-bond acceptors (Lipinski definition) is 5. The summed E-state index contributed by atoms with van der Waals surface area (Å²) in [5, 5.41) is 13.2. The van der Waals surface area contributed by atoms with E-state index in [1.807, 2.05) is 53.2 Å². The molecule has 0 bridgehead atoms. The molecule has 0 amide bonds. The van der Waals surface area contributed by atoms with Gasteiger partial charge in [0.15, 0.2) is 5.82 Å². The van der Waals surface area contributed by atoms with Crippen molar-refractivity contribution < 1.29 is 4.21 Å². The zero-order valence-corrected chi connectivity index (χ0v) is 19.8. The Hall–Kier alpha value is -1.77. The Morgan fingerprint density at radius 2 is 1.77 bits per heavy atom. The van der Waals surface area contributed by atoms with Gasteiger partial charge in [-0.2, -0.15) is 0 Å². The molecular formula is C21H23BrClN5OS. The maximum atomic E-state index is 13.6. The fourth-order valence-corrected chi connectivity index (χ4v) is 5.59.